The molecule has 0 saturated carbocycles. The number of aromatic nitrogens is 2. The highest BCUT2D eigenvalue weighted by Crippen LogP contribution is 2.35. The quantitative estimate of drug-likeness (QED) is 0.577. The summed E-state index contributed by atoms with van der Waals surface area (Å²) < 4.78 is 5.84. The highest BCUT2D eigenvalue weighted by molar-refractivity contribution is 8.00. The molecule has 2 amide bonds. The molecule has 7 heteroatoms. The zero-order chi connectivity index (χ0) is 15.1. The van der Waals surface area contributed by atoms with Gasteiger partial charge < -0.3 is 4.42 Å². The maximum absolute atomic E-state index is 11.9. The zero-order valence-corrected chi connectivity index (χ0v) is 12.2. The van der Waals surface area contributed by atoms with Crippen LogP contribution in [0.25, 0.3) is 22.1 Å². The van der Waals surface area contributed by atoms with Crippen LogP contribution in [0.5, 0.6) is 0 Å². The molecule has 1 atom stereocenters. The second-order valence-corrected chi connectivity index (χ2v) is 6.20. The van der Waals surface area contributed by atoms with E-state index < -0.39 is 0 Å². The Labute approximate surface area is 129 Å². The van der Waals surface area contributed by atoms with Crippen molar-refractivity contribution in [3.8, 4) is 0 Å². The monoisotopic (exact) mass is 313 g/mol. The molecule has 0 bridgehead atoms. The minimum atomic E-state index is -0.344. The van der Waals surface area contributed by atoms with E-state index in [0.717, 1.165) is 16.5 Å². The van der Waals surface area contributed by atoms with Crippen LogP contribution >= 0.6 is 11.8 Å². The van der Waals surface area contributed by atoms with Crippen molar-refractivity contribution in [3.05, 3.63) is 30.6 Å². The molecule has 0 radical (unpaired) electrons. The second-order valence-electron chi connectivity index (χ2n) is 5.01. The van der Waals surface area contributed by atoms with E-state index in [0.29, 0.717) is 23.5 Å². The third-order valence-corrected chi connectivity index (χ3v) is 4.82. The molecule has 1 aliphatic heterocycles. The molecule has 1 saturated heterocycles. The van der Waals surface area contributed by atoms with E-state index in [4.69, 9.17) is 4.42 Å². The summed E-state index contributed by atoms with van der Waals surface area (Å²) in [4.78, 5) is 31.6. The fourth-order valence-corrected chi connectivity index (χ4v) is 3.53. The van der Waals surface area contributed by atoms with Crippen molar-refractivity contribution in [2.24, 2.45) is 0 Å². The SMILES string of the molecule is O=C1CCC(Sc2ncnc3c2oc2ccccc23)C(=O)N1. The van der Waals surface area contributed by atoms with Crippen molar-refractivity contribution in [1.29, 1.82) is 0 Å². The largest absolute Gasteiger partial charge is 0.451 e. The van der Waals surface area contributed by atoms with Crippen molar-refractivity contribution in [3.63, 3.8) is 0 Å². The van der Waals surface area contributed by atoms with Crippen LogP contribution < -0.4 is 5.32 Å². The van der Waals surface area contributed by atoms with Gasteiger partial charge in [-0.3, -0.25) is 14.9 Å². The Morgan fingerprint density at radius 1 is 1.23 bits per heavy atom. The van der Waals surface area contributed by atoms with Crippen molar-refractivity contribution < 1.29 is 14.0 Å². The number of carbonyl (C=O) groups is 2. The molecule has 0 aliphatic carbocycles. The Bertz CT molecular complexity index is 905. The van der Waals surface area contributed by atoms with Crippen LogP contribution in [0.4, 0.5) is 0 Å². The lowest BCUT2D eigenvalue weighted by atomic mass is 10.1. The standard InChI is InChI=1S/C15H11N3O3S/c19-11-6-5-10(14(20)18-11)22-15-13-12(16-7-17-15)8-3-1-2-4-9(8)21-13/h1-4,7,10H,5-6H2,(H,18,19,20). The van der Waals surface area contributed by atoms with Gasteiger partial charge in [-0.05, 0) is 18.6 Å². The molecule has 1 aliphatic rings. The summed E-state index contributed by atoms with van der Waals surface area (Å²) in [5.74, 6) is -0.498. The first-order valence-corrected chi connectivity index (χ1v) is 7.73. The van der Waals surface area contributed by atoms with Crippen LogP contribution in [0, 0.1) is 0 Å². The summed E-state index contributed by atoms with van der Waals surface area (Å²) >= 11 is 1.31. The van der Waals surface area contributed by atoms with Crippen LogP contribution in [0.3, 0.4) is 0 Å². The molecule has 4 rings (SSSR count). The lowest BCUT2D eigenvalue weighted by Crippen LogP contribution is -2.42. The van der Waals surface area contributed by atoms with Gasteiger partial charge in [0, 0.05) is 11.8 Å². The van der Waals surface area contributed by atoms with Gasteiger partial charge in [0.05, 0.1) is 5.25 Å². The Morgan fingerprint density at radius 2 is 2.09 bits per heavy atom. The molecular formula is C15H11N3O3S. The summed E-state index contributed by atoms with van der Waals surface area (Å²) in [6.07, 6.45) is 2.32. The van der Waals surface area contributed by atoms with Crippen LogP contribution in [0.2, 0.25) is 0 Å². The summed E-state index contributed by atoms with van der Waals surface area (Å²) in [6.45, 7) is 0. The minimum absolute atomic E-state index is 0.224. The third-order valence-electron chi connectivity index (χ3n) is 3.57. The van der Waals surface area contributed by atoms with E-state index in [1.165, 1.54) is 18.1 Å². The molecule has 0 spiro atoms. The average molecular weight is 313 g/mol. The normalized spacial score (nSPS) is 18.8. The van der Waals surface area contributed by atoms with Gasteiger partial charge in [-0.1, -0.05) is 23.9 Å². The average Bonchev–Trinajstić information content (AvgIpc) is 2.90. The summed E-state index contributed by atoms with van der Waals surface area (Å²) in [5.41, 5.74) is 2.06. The molecular weight excluding hydrogens is 302 g/mol. The van der Waals surface area contributed by atoms with E-state index in [2.05, 4.69) is 15.3 Å². The van der Waals surface area contributed by atoms with Crippen molar-refractivity contribution in [2.75, 3.05) is 0 Å². The smallest absolute Gasteiger partial charge is 0.240 e. The molecule has 3 heterocycles. The van der Waals surface area contributed by atoms with Crippen LogP contribution in [-0.2, 0) is 9.59 Å². The van der Waals surface area contributed by atoms with Gasteiger partial charge in [0.1, 0.15) is 22.5 Å². The minimum Gasteiger partial charge on any atom is -0.451 e. The number of imide groups is 1. The summed E-state index contributed by atoms with van der Waals surface area (Å²) in [5, 5.41) is 3.55. The molecule has 3 aromatic rings. The lowest BCUT2D eigenvalue weighted by molar-refractivity contribution is -0.132. The molecule has 6 nitrogen and oxygen atoms in total. The summed E-state index contributed by atoms with van der Waals surface area (Å²) in [6, 6.07) is 7.63. The molecule has 22 heavy (non-hydrogen) atoms. The van der Waals surface area contributed by atoms with E-state index >= 15 is 0 Å². The van der Waals surface area contributed by atoms with Crippen LogP contribution in [0.1, 0.15) is 12.8 Å². The van der Waals surface area contributed by atoms with Crippen molar-refractivity contribution in [2.45, 2.75) is 23.1 Å². The fraction of sp³-hybridized carbons (Fsp3) is 0.200. The number of nitrogens with one attached hydrogen (secondary N) is 1. The predicted molar refractivity (Wildman–Crippen MR) is 81.3 cm³/mol. The number of nitrogens with zero attached hydrogens (tertiary/aromatic N) is 2. The maximum Gasteiger partial charge on any atom is 0.240 e. The number of thioether (sulfide) groups is 1. The number of furan rings is 1. The topological polar surface area (TPSA) is 85.1 Å². The number of rotatable bonds is 2. The first kappa shape index (κ1) is 13.3. The highest BCUT2D eigenvalue weighted by Gasteiger charge is 2.29. The number of hydrogen-bond acceptors (Lipinski definition) is 6. The highest BCUT2D eigenvalue weighted by atomic mass is 32.2. The molecule has 1 aromatic carbocycles. The zero-order valence-electron chi connectivity index (χ0n) is 11.4. The van der Waals surface area contributed by atoms with Gasteiger partial charge in [0.15, 0.2) is 5.58 Å². The number of fused-ring (bicyclic) bond motifs is 3. The first-order valence-electron chi connectivity index (χ1n) is 6.85. The van der Waals surface area contributed by atoms with Crippen molar-refractivity contribution >= 4 is 45.6 Å². The summed E-state index contributed by atoms with van der Waals surface area (Å²) in [7, 11) is 0. The Kier molecular flexibility index (Phi) is 3.07. The molecule has 1 fully saturated rings. The number of benzene rings is 1. The molecule has 2 aromatic heterocycles. The maximum atomic E-state index is 11.9. The number of hydrogen-bond donors (Lipinski definition) is 1. The molecule has 1 N–H and O–H groups in total. The Morgan fingerprint density at radius 3 is 2.95 bits per heavy atom. The van der Waals surface area contributed by atoms with E-state index in [9.17, 15) is 9.59 Å². The van der Waals surface area contributed by atoms with Gasteiger partial charge in [-0.2, -0.15) is 0 Å². The second kappa shape index (κ2) is 5.10. The number of amides is 2. The van der Waals surface area contributed by atoms with Gasteiger partial charge in [0.25, 0.3) is 0 Å². The Balaban J connectivity index is 1.75. The third kappa shape index (κ3) is 2.14. The van der Waals surface area contributed by atoms with E-state index in [1.54, 1.807) is 0 Å². The van der Waals surface area contributed by atoms with Gasteiger partial charge in [0.2, 0.25) is 11.8 Å². The fourth-order valence-electron chi connectivity index (χ4n) is 2.51. The van der Waals surface area contributed by atoms with Gasteiger partial charge in [-0.25, -0.2) is 9.97 Å². The van der Waals surface area contributed by atoms with Crippen molar-refractivity contribution in [1.82, 2.24) is 15.3 Å². The van der Waals surface area contributed by atoms with Gasteiger partial charge in [-0.15, -0.1) is 0 Å². The van der Waals surface area contributed by atoms with Gasteiger partial charge >= 0.3 is 0 Å². The Hall–Kier alpha value is -2.41. The first-order chi connectivity index (χ1) is 10.7. The predicted octanol–water partition coefficient (Wildman–Crippen LogP) is 2.27. The van der Waals surface area contributed by atoms with Crippen LogP contribution in [0.15, 0.2) is 40.0 Å². The number of para-hydroxylation sites is 1. The number of carbonyl (C=O) groups excluding carboxylic acids is 2. The molecule has 110 valence electrons. The van der Waals surface area contributed by atoms with Crippen LogP contribution in [-0.4, -0.2) is 27.0 Å². The van der Waals surface area contributed by atoms with E-state index in [1.807, 2.05) is 24.3 Å². The number of piperidine rings is 1. The lowest BCUT2D eigenvalue weighted by Gasteiger charge is -2.19. The molecule has 1 unspecified atom stereocenters. The van der Waals surface area contributed by atoms with E-state index in [-0.39, 0.29) is 17.1 Å².